The molecule has 2 bridgehead atoms. The van der Waals surface area contributed by atoms with Gasteiger partial charge < -0.3 is 0 Å². The van der Waals surface area contributed by atoms with E-state index >= 15 is 0 Å². The van der Waals surface area contributed by atoms with E-state index < -0.39 is 0 Å². The molecule has 0 aromatic carbocycles. The Balaban J connectivity index is 2.04. The van der Waals surface area contributed by atoms with Gasteiger partial charge in [-0.25, -0.2) is 0 Å². The maximum absolute atomic E-state index is 3.73. The van der Waals surface area contributed by atoms with Crippen molar-refractivity contribution in [1.82, 2.24) is 0 Å². The molecule has 1 heteroatoms. The second kappa shape index (κ2) is 1.39. The van der Waals surface area contributed by atoms with E-state index in [0.717, 1.165) is 11.3 Å². The molecule has 9 heavy (non-hydrogen) atoms. The number of hydrogen-bond acceptors (Lipinski definition) is 0. The van der Waals surface area contributed by atoms with Gasteiger partial charge in [-0.05, 0) is 30.6 Å². The summed E-state index contributed by atoms with van der Waals surface area (Å²) in [4.78, 5) is 0. The first-order chi connectivity index (χ1) is 4.06. The van der Waals surface area contributed by atoms with Gasteiger partial charge in [0.1, 0.15) is 0 Å². The molecular formula is C8H13Br. The van der Waals surface area contributed by atoms with E-state index in [1.807, 2.05) is 0 Å². The SMILES string of the molecule is CC(C)C12CC(Br)(C1)C2. The zero-order valence-corrected chi connectivity index (χ0v) is 7.66. The largest absolute Gasteiger partial charge is 0.0853 e. The summed E-state index contributed by atoms with van der Waals surface area (Å²) >= 11 is 3.73. The van der Waals surface area contributed by atoms with Crippen molar-refractivity contribution in [1.29, 1.82) is 0 Å². The van der Waals surface area contributed by atoms with Crippen LogP contribution >= 0.6 is 15.9 Å². The highest BCUT2D eigenvalue weighted by Crippen LogP contribution is 2.74. The van der Waals surface area contributed by atoms with E-state index in [1.165, 1.54) is 19.3 Å². The van der Waals surface area contributed by atoms with Gasteiger partial charge in [0.2, 0.25) is 0 Å². The molecule has 3 saturated carbocycles. The van der Waals surface area contributed by atoms with Crippen LogP contribution in [0.2, 0.25) is 0 Å². The maximum atomic E-state index is 3.73. The van der Waals surface area contributed by atoms with Crippen LogP contribution in [0.3, 0.4) is 0 Å². The van der Waals surface area contributed by atoms with Crippen molar-refractivity contribution in [3.8, 4) is 0 Å². The Hall–Kier alpha value is 0.480. The van der Waals surface area contributed by atoms with Crippen LogP contribution in [-0.2, 0) is 0 Å². The topological polar surface area (TPSA) is 0 Å². The lowest BCUT2D eigenvalue weighted by atomic mass is 9.40. The maximum Gasteiger partial charge on any atom is 0.0274 e. The van der Waals surface area contributed by atoms with Crippen LogP contribution in [0.1, 0.15) is 33.1 Å². The van der Waals surface area contributed by atoms with Gasteiger partial charge in [-0.2, -0.15) is 0 Å². The second-order valence-corrected chi connectivity index (χ2v) is 5.88. The van der Waals surface area contributed by atoms with E-state index in [4.69, 9.17) is 0 Å². The molecule has 3 aliphatic rings. The summed E-state index contributed by atoms with van der Waals surface area (Å²) in [6, 6.07) is 0. The molecule has 0 saturated heterocycles. The Morgan fingerprint density at radius 2 is 1.67 bits per heavy atom. The predicted molar refractivity (Wildman–Crippen MR) is 42.8 cm³/mol. The molecule has 0 atom stereocenters. The summed E-state index contributed by atoms with van der Waals surface area (Å²) < 4.78 is 0.622. The third-order valence-electron chi connectivity index (χ3n) is 3.23. The Labute approximate surface area is 65.1 Å². The monoisotopic (exact) mass is 188 g/mol. The Kier molecular flexibility index (Phi) is 0.958. The molecule has 3 aliphatic carbocycles. The van der Waals surface area contributed by atoms with Crippen molar-refractivity contribution >= 4 is 15.9 Å². The molecular weight excluding hydrogens is 176 g/mol. The quantitative estimate of drug-likeness (QED) is 0.556. The minimum Gasteiger partial charge on any atom is -0.0853 e. The summed E-state index contributed by atoms with van der Waals surface area (Å²) in [6.45, 7) is 4.71. The smallest absolute Gasteiger partial charge is 0.0274 e. The average Bonchev–Trinajstić information content (AvgIpc) is 1.54. The van der Waals surface area contributed by atoms with Crippen molar-refractivity contribution in [2.24, 2.45) is 11.3 Å². The molecule has 0 N–H and O–H groups in total. The highest BCUT2D eigenvalue weighted by molar-refractivity contribution is 9.10. The van der Waals surface area contributed by atoms with Gasteiger partial charge >= 0.3 is 0 Å². The molecule has 0 amide bonds. The van der Waals surface area contributed by atoms with Crippen molar-refractivity contribution in [2.75, 3.05) is 0 Å². The fraction of sp³-hybridized carbons (Fsp3) is 1.00. The Morgan fingerprint density at radius 1 is 1.22 bits per heavy atom. The van der Waals surface area contributed by atoms with E-state index in [9.17, 15) is 0 Å². The molecule has 3 rings (SSSR count). The molecule has 0 unspecified atom stereocenters. The van der Waals surface area contributed by atoms with Gasteiger partial charge in [0.25, 0.3) is 0 Å². The third-order valence-corrected chi connectivity index (χ3v) is 4.07. The second-order valence-electron chi connectivity index (χ2n) is 4.20. The predicted octanol–water partition coefficient (Wildman–Crippen LogP) is 2.96. The van der Waals surface area contributed by atoms with Gasteiger partial charge in [-0.15, -0.1) is 0 Å². The number of halogens is 1. The van der Waals surface area contributed by atoms with E-state index in [1.54, 1.807) is 0 Å². The van der Waals surface area contributed by atoms with Gasteiger partial charge in [0, 0.05) is 4.32 Å². The summed E-state index contributed by atoms with van der Waals surface area (Å²) in [7, 11) is 0. The fourth-order valence-electron chi connectivity index (χ4n) is 2.35. The number of hydrogen-bond donors (Lipinski definition) is 0. The average molecular weight is 189 g/mol. The van der Waals surface area contributed by atoms with Crippen LogP contribution in [-0.4, -0.2) is 4.32 Å². The first-order valence-electron chi connectivity index (χ1n) is 3.75. The van der Waals surface area contributed by atoms with Crippen LogP contribution in [0.15, 0.2) is 0 Å². The standard InChI is InChI=1S/C8H13Br/c1-6(2)7-3-8(9,4-7)5-7/h6H,3-5H2,1-2H3. The highest BCUT2D eigenvalue weighted by Gasteiger charge is 2.67. The van der Waals surface area contributed by atoms with Crippen molar-refractivity contribution in [2.45, 2.75) is 37.4 Å². The minimum absolute atomic E-state index is 0.622. The summed E-state index contributed by atoms with van der Waals surface area (Å²) in [6.07, 6.45) is 4.33. The molecule has 0 aliphatic heterocycles. The molecule has 3 fully saturated rings. The van der Waals surface area contributed by atoms with Crippen LogP contribution < -0.4 is 0 Å². The highest BCUT2D eigenvalue weighted by atomic mass is 79.9. The Bertz CT molecular complexity index is 129. The van der Waals surface area contributed by atoms with Crippen LogP contribution in [0.5, 0.6) is 0 Å². The Morgan fingerprint density at radius 3 is 1.78 bits per heavy atom. The third kappa shape index (κ3) is 0.594. The number of alkyl halides is 1. The van der Waals surface area contributed by atoms with E-state index in [2.05, 4.69) is 29.8 Å². The molecule has 52 valence electrons. The summed E-state index contributed by atoms with van der Waals surface area (Å²) in [5.41, 5.74) is 0.781. The lowest BCUT2D eigenvalue weighted by Crippen LogP contribution is -2.65. The molecule has 0 nitrogen and oxygen atoms in total. The summed E-state index contributed by atoms with van der Waals surface area (Å²) in [5, 5.41) is 0. The first kappa shape index (κ1) is 6.21. The molecule has 0 heterocycles. The lowest BCUT2D eigenvalue weighted by molar-refractivity contribution is -0.109. The molecule has 0 radical (unpaired) electrons. The normalized spacial score (nSPS) is 54.7. The zero-order chi connectivity index (χ0) is 6.70. The van der Waals surface area contributed by atoms with Gasteiger partial charge in [-0.1, -0.05) is 29.8 Å². The van der Waals surface area contributed by atoms with Crippen LogP contribution in [0.25, 0.3) is 0 Å². The molecule has 0 aromatic rings. The lowest BCUT2D eigenvalue weighted by Gasteiger charge is -2.70. The van der Waals surface area contributed by atoms with E-state index in [-0.39, 0.29) is 0 Å². The van der Waals surface area contributed by atoms with Crippen molar-refractivity contribution < 1.29 is 0 Å². The fourth-order valence-corrected chi connectivity index (χ4v) is 4.03. The van der Waals surface area contributed by atoms with Crippen LogP contribution in [0.4, 0.5) is 0 Å². The van der Waals surface area contributed by atoms with Gasteiger partial charge in [0.15, 0.2) is 0 Å². The van der Waals surface area contributed by atoms with E-state index in [0.29, 0.717) is 4.32 Å². The van der Waals surface area contributed by atoms with Crippen molar-refractivity contribution in [3.05, 3.63) is 0 Å². The van der Waals surface area contributed by atoms with Gasteiger partial charge in [-0.3, -0.25) is 0 Å². The van der Waals surface area contributed by atoms with Crippen molar-refractivity contribution in [3.63, 3.8) is 0 Å². The van der Waals surface area contributed by atoms with Crippen LogP contribution in [0, 0.1) is 11.3 Å². The van der Waals surface area contributed by atoms with Gasteiger partial charge in [0.05, 0.1) is 0 Å². The minimum atomic E-state index is 0.622. The molecule has 0 aromatic heterocycles. The number of rotatable bonds is 1. The summed E-state index contributed by atoms with van der Waals surface area (Å²) in [5.74, 6) is 0.914. The first-order valence-corrected chi connectivity index (χ1v) is 4.55. The molecule has 0 spiro atoms. The zero-order valence-electron chi connectivity index (χ0n) is 6.08.